The van der Waals surface area contributed by atoms with Crippen LogP contribution in [-0.4, -0.2) is 32.6 Å². The third-order valence-corrected chi connectivity index (χ3v) is 4.27. The fraction of sp³-hybridized carbons (Fsp3) is 0.154. The molecule has 8 nitrogen and oxygen atoms in total. The van der Waals surface area contributed by atoms with E-state index in [0.29, 0.717) is 5.56 Å². The zero-order valence-corrected chi connectivity index (χ0v) is 13.0. The van der Waals surface area contributed by atoms with E-state index in [-0.39, 0.29) is 22.2 Å². The van der Waals surface area contributed by atoms with E-state index in [9.17, 15) is 29.9 Å². The second-order valence-corrected chi connectivity index (χ2v) is 6.12. The SMILES string of the molecule is O=C([O-])CCN1C(=O)/C(=C/c2ccc([O-])c([N+](=O)[O-])c2)SC1=S. The third kappa shape index (κ3) is 3.85. The number of carboxylic acid groups (broad SMARTS) is 1. The molecule has 0 spiro atoms. The average molecular weight is 352 g/mol. The Labute approximate surface area is 139 Å². The second kappa shape index (κ2) is 6.75. The summed E-state index contributed by atoms with van der Waals surface area (Å²) in [6.45, 7) is -0.107. The molecule has 1 saturated heterocycles. The first-order chi connectivity index (χ1) is 10.8. The molecule has 0 unspecified atom stereocenters. The lowest BCUT2D eigenvalue weighted by atomic mass is 10.1. The molecule has 0 radical (unpaired) electrons. The van der Waals surface area contributed by atoms with Crippen molar-refractivity contribution in [2.75, 3.05) is 6.54 Å². The standard InChI is InChI=1S/C13H10N2O6S2/c16-9-2-1-7(5-8(9)15(20)21)6-10-12(19)14(13(22)23-10)4-3-11(17)18/h1-2,5-6,16H,3-4H2,(H,17,18)/p-2/b10-6-. The van der Waals surface area contributed by atoms with Crippen molar-refractivity contribution in [3.05, 3.63) is 38.8 Å². The molecule has 1 amide bonds. The Morgan fingerprint density at radius 2 is 2.13 bits per heavy atom. The van der Waals surface area contributed by atoms with E-state index >= 15 is 0 Å². The molecule has 0 N–H and O–H groups in total. The van der Waals surface area contributed by atoms with Crippen molar-refractivity contribution in [3.8, 4) is 5.75 Å². The van der Waals surface area contributed by atoms with E-state index in [1.165, 1.54) is 12.1 Å². The quantitative estimate of drug-likeness (QED) is 0.314. The van der Waals surface area contributed by atoms with Crippen LogP contribution in [0.25, 0.3) is 6.08 Å². The molecule has 0 bridgehead atoms. The number of hydrogen-bond donors (Lipinski definition) is 0. The molecule has 0 aromatic heterocycles. The number of nitro benzene ring substituents is 1. The Morgan fingerprint density at radius 3 is 2.74 bits per heavy atom. The summed E-state index contributed by atoms with van der Waals surface area (Å²) < 4.78 is 0.192. The predicted molar refractivity (Wildman–Crippen MR) is 82.0 cm³/mol. The van der Waals surface area contributed by atoms with Gasteiger partial charge in [0.2, 0.25) is 0 Å². The third-order valence-electron chi connectivity index (χ3n) is 2.89. The van der Waals surface area contributed by atoms with Crippen molar-refractivity contribution < 1.29 is 24.7 Å². The summed E-state index contributed by atoms with van der Waals surface area (Å²) in [6.07, 6.45) is 1.01. The monoisotopic (exact) mass is 352 g/mol. The van der Waals surface area contributed by atoms with Crippen molar-refractivity contribution in [3.63, 3.8) is 0 Å². The van der Waals surface area contributed by atoms with Gasteiger partial charge < -0.3 is 15.0 Å². The summed E-state index contributed by atoms with van der Waals surface area (Å²) in [5.74, 6) is -2.52. The summed E-state index contributed by atoms with van der Waals surface area (Å²) in [4.78, 5) is 33.9. The van der Waals surface area contributed by atoms with E-state index in [0.717, 1.165) is 28.8 Å². The van der Waals surface area contributed by atoms with Gasteiger partial charge in [-0.05, 0) is 17.4 Å². The number of aliphatic carboxylic acids is 1. The second-order valence-electron chi connectivity index (χ2n) is 4.44. The lowest BCUT2D eigenvalue weighted by molar-refractivity contribution is -0.398. The van der Waals surface area contributed by atoms with E-state index in [4.69, 9.17) is 12.2 Å². The van der Waals surface area contributed by atoms with Gasteiger partial charge in [-0.25, -0.2) is 0 Å². The normalized spacial score (nSPS) is 16.2. The number of rotatable bonds is 5. The summed E-state index contributed by atoms with van der Waals surface area (Å²) >= 11 is 5.96. The van der Waals surface area contributed by atoms with Crippen LogP contribution in [0.1, 0.15) is 12.0 Å². The highest BCUT2D eigenvalue weighted by molar-refractivity contribution is 8.26. The van der Waals surface area contributed by atoms with Gasteiger partial charge in [0.1, 0.15) is 4.32 Å². The number of benzene rings is 1. The molecule has 1 aromatic rings. The van der Waals surface area contributed by atoms with Gasteiger partial charge in [0.05, 0.1) is 9.83 Å². The number of nitro groups is 1. The van der Waals surface area contributed by atoms with Crippen LogP contribution in [0.4, 0.5) is 5.69 Å². The van der Waals surface area contributed by atoms with Gasteiger partial charge in [0, 0.05) is 25.0 Å². The van der Waals surface area contributed by atoms with Gasteiger partial charge in [-0.3, -0.25) is 19.8 Å². The number of carbonyl (C=O) groups is 2. The van der Waals surface area contributed by atoms with Crippen LogP contribution in [0.2, 0.25) is 0 Å². The fourth-order valence-electron chi connectivity index (χ4n) is 1.81. The number of carbonyl (C=O) groups excluding carboxylic acids is 2. The van der Waals surface area contributed by atoms with Crippen molar-refractivity contribution >= 4 is 51.9 Å². The minimum atomic E-state index is -1.30. The van der Waals surface area contributed by atoms with E-state index in [2.05, 4.69) is 0 Å². The smallest absolute Gasteiger partial charge is 0.266 e. The first-order valence-electron chi connectivity index (χ1n) is 6.20. The highest BCUT2D eigenvalue weighted by Crippen LogP contribution is 2.33. The average Bonchev–Trinajstić information content (AvgIpc) is 2.73. The molecule has 0 atom stereocenters. The van der Waals surface area contributed by atoms with Crippen LogP contribution < -0.4 is 10.2 Å². The van der Waals surface area contributed by atoms with Gasteiger partial charge in [-0.1, -0.05) is 36.1 Å². The number of nitrogens with zero attached hydrogens (tertiary/aromatic N) is 2. The highest BCUT2D eigenvalue weighted by Gasteiger charge is 2.31. The zero-order valence-electron chi connectivity index (χ0n) is 11.4. The molecule has 1 aliphatic heterocycles. The molecule has 23 heavy (non-hydrogen) atoms. The summed E-state index contributed by atoms with van der Waals surface area (Å²) in [6, 6.07) is 3.46. The van der Waals surface area contributed by atoms with Crippen LogP contribution in [-0.2, 0) is 9.59 Å². The first kappa shape index (κ1) is 16.9. The van der Waals surface area contributed by atoms with E-state index in [1.807, 2.05) is 0 Å². The Balaban J connectivity index is 2.25. The largest absolute Gasteiger partial charge is 0.868 e. The first-order valence-corrected chi connectivity index (χ1v) is 7.42. The van der Waals surface area contributed by atoms with Gasteiger partial charge >= 0.3 is 0 Å². The van der Waals surface area contributed by atoms with Crippen LogP contribution in [0.5, 0.6) is 5.75 Å². The van der Waals surface area contributed by atoms with Crippen LogP contribution in [0.3, 0.4) is 0 Å². The summed E-state index contributed by atoms with van der Waals surface area (Å²) in [5, 5.41) is 32.6. The topological polar surface area (TPSA) is 127 Å². The van der Waals surface area contributed by atoms with Gasteiger partial charge in [0.25, 0.3) is 11.6 Å². The maximum Gasteiger partial charge on any atom is 0.266 e. The summed E-state index contributed by atoms with van der Waals surface area (Å²) in [5.41, 5.74) is -0.289. The van der Waals surface area contributed by atoms with Crippen molar-refractivity contribution in [1.29, 1.82) is 0 Å². The molecule has 1 aromatic carbocycles. The lowest BCUT2D eigenvalue weighted by Crippen LogP contribution is -2.33. The van der Waals surface area contributed by atoms with Crippen molar-refractivity contribution in [2.24, 2.45) is 0 Å². The number of hydrogen-bond acceptors (Lipinski definition) is 8. The Bertz CT molecular complexity index is 746. The molecule has 0 saturated carbocycles. The Kier molecular flexibility index (Phi) is 4.96. The minimum Gasteiger partial charge on any atom is -0.868 e. The van der Waals surface area contributed by atoms with Crippen molar-refractivity contribution in [2.45, 2.75) is 6.42 Å². The van der Waals surface area contributed by atoms with Gasteiger partial charge in [0.15, 0.2) is 0 Å². The number of amides is 1. The fourth-order valence-corrected chi connectivity index (χ4v) is 3.12. The maximum absolute atomic E-state index is 12.2. The molecular weight excluding hydrogens is 344 g/mol. The zero-order chi connectivity index (χ0) is 17.1. The molecular formula is C13H8N2O6S2-2. The van der Waals surface area contributed by atoms with Gasteiger partial charge in [-0.2, -0.15) is 0 Å². The predicted octanol–water partition coefficient (Wildman–Crippen LogP) is 0.00960. The van der Waals surface area contributed by atoms with Crippen molar-refractivity contribution in [1.82, 2.24) is 4.90 Å². The molecule has 120 valence electrons. The van der Waals surface area contributed by atoms with Crippen LogP contribution in [0, 0.1) is 10.1 Å². The number of carboxylic acids is 1. The van der Waals surface area contributed by atoms with E-state index in [1.54, 1.807) is 0 Å². The Morgan fingerprint density at radius 1 is 1.43 bits per heavy atom. The molecule has 2 rings (SSSR count). The molecule has 1 heterocycles. The molecule has 1 fully saturated rings. The molecule has 10 heteroatoms. The van der Waals surface area contributed by atoms with Gasteiger partial charge in [-0.15, -0.1) is 0 Å². The number of thiocarbonyl (C=S) groups is 1. The van der Waals surface area contributed by atoms with Crippen LogP contribution >= 0.6 is 24.0 Å². The van der Waals surface area contributed by atoms with Crippen LogP contribution in [0.15, 0.2) is 23.1 Å². The number of thioether (sulfide) groups is 1. The maximum atomic E-state index is 12.2. The molecule has 1 aliphatic rings. The summed E-state index contributed by atoms with van der Waals surface area (Å²) in [7, 11) is 0. The minimum absolute atomic E-state index is 0.107. The molecule has 0 aliphatic carbocycles. The van der Waals surface area contributed by atoms with E-state index < -0.39 is 28.2 Å². The lowest BCUT2D eigenvalue weighted by Gasteiger charge is -2.14. The highest BCUT2D eigenvalue weighted by atomic mass is 32.2. The Hall–Kier alpha value is -2.46.